The van der Waals surface area contributed by atoms with E-state index in [9.17, 15) is 14.0 Å². The number of thioether (sulfide) groups is 1. The maximum absolute atomic E-state index is 14.0. The standard InChI is InChI=1S/C25H29FN4O2S/c1-2-8-22(23(31)27-13-16-29-14-5-6-15-29)33-25-28-21-12-4-3-11-20(21)24(32)30(25)19-10-7-9-18(26)17-19/h3-4,7,9-12,17,22H,2,5-6,8,13-16H2,1H3,(H,27,31). The third-order valence-corrected chi connectivity index (χ3v) is 7.05. The van der Waals surface area contributed by atoms with Gasteiger partial charge in [-0.3, -0.25) is 14.2 Å². The molecule has 1 fully saturated rings. The molecule has 6 nitrogen and oxygen atoms in total. The van der Waals surface area contributed by atoms with Crippen LogP contribution in [-0.2, 0) is 4.79 Å². The maximum atomic E-state index is 14.0. The Labute approximate surface area is 197 Å². The summed E-state index contributed by atoms with van der Waals surface area (Å²) in [5.74, 6) is -0.498. The highest BCUT2D eigenvalue weighted by Crippen LogP contribution is 2.28. The van der Waals surface area contributed by atoms with Crippen LogP contribution in [0.2, 0.25) is 0 Å². The molecule has 0 aliphatic carbocycles. The van der Waals surface area contributed by atoms with Crippen LogP contribution >= 0.6 is 11.8 Å². The first-order valence-electron chi connectivity index (χ1n) is 11.5. The minimum Gasteiger partial charge on any atom is -0.354 e. The molecule has 1 unspecified atom stereocenters. The fourth-order valence-electron chi connectivity index (χ4n) is 4.12. The van der Waals surface area contributed by atoms with Gasteiger partial charge in [-0.05, 0) is 62.7 Å². The number of likely N-dealkylation sites (tertiary alicyclic amines) is 1. The lowest BCUT2D eigenvalue weighted by atomic mass is 10.2. The number of carbonyl (C=O) groups is 1. The van der Waals surface area contributed by atoms with Gasteiger partial charge >= 0.3 is 0 Å². The maximum Gasteiger partial charge on any atom is 0.266 e. The second-order valence-corrected chi connectivity index (χ2v) is 9.44. The SMILES string of the molecule is CCCC(Sc1nc2ccccc2c(=O)n1-c1cccc(F)c1)C(=O)NCCN1CCCC1. The van der Waals surface area contributed by atoms with E-state index in [4.69, 9.17) is 4.98 Å². The molecule has 1 N–H and O–H groups in total. The van der Waals surface area contributed by atoms with Gasteiger partial charge in [-0.25, -0.2) is 9.37 Å². The minimum atomic E-state index is -0.437. The molecule has 174 valence electrons. The normalized spacial score (nSPS) is 15.1. The smallest absolute Gasteiger partial charge is 0.266 e. The van der Waals surface area contributed by atoms with Crippen LogP contribution in [-0.4, -0.2) is 51.8 Å². The molecule has 4 rings (SSSR count). The molecule has 1 aliphatic rings. The van der Waals surface area contributed by atoms with Crippen LogP contribution in [0.5, 0.6) is 0 Å². The Kier molecular flexibility index (Phi) is 7.77. The summed E-state index contributed by atoms with van der Waals surface area (Å²) in [5, 5.41) is 3.50. The van der Waals surface area contributed by atoms with Gasteiger partial charge in [-0.15, -0.1) is 0 Å². The largest absolute Gasteiger partial charge is 0.354 e. The van der Waals surface area contributed by atoms with Crippen LogP contribution in [0.15, 0.2) is 58.5 Å². The van der Waals surface area contributed by atoms with E-state index >= 15 is 0 Å². The molecule has 1 saturated heterocycles. The van der Waals surface area contributed by atoms with Crippen molar-refractivity contribution in [2.75, 3.05) is 26.2 Å². The molecule has 0 bridgehead atoms. The summed E-state index contributed by atoms with van der Waals surface area (Å²) in [6.07, 6.45) is 3.89. The van der Waals surface area contributed by atoms with E-state index in [2.05, 4.69) is 10.2 Å². The van der Waals surface area contributed by atoms with Crippen LogP contribution in [0.1, 0.15) is 32.6 Å². The predicted octanol–water partition coefficient (Wildman–Crippen LogP) is 4.00. The van der Waals surface area contributed by atoms with E-state index in [1.165, 1.54) is 41.3 Å². The molecule has 0 radical (unpaired) electrons. The summed E-state index contributed by atoms with van der Waals surface area (Å²) >= 11 is 1.26. The number of nitrogens with zero attached hydrogens (tertiary/aromatic N) is 3. The average molecular weight is 469 g/mol. The van der Waals surface area contributed by atoms with E-state index in [0.717, 1.165) is 26.1 Å². The van der Waals surface area contributed by atoms with Gasteiger partial charge in [0, 0.05) is 13.1 Å². The molecule has 3 aromatic rings. The summed E-state index contributed by atoms with van der Waals surface area (Å²) in [6.45, 7) is 5.64. The number of rotatable bonds is 9. The number of hydrogen-bond donors (Lipinski definition) is 1. The fourth-order valence-corrected chi connectivity index (χ4v) is 5.37. The van der Waals surface area contributed by atoms with Crippen molar-refractivity contribution in [3.8, 4) is 5.69 Å². The van der Waals surface area contributed by atoms with Gasteiger partial charge in [-0.2, -0.15) is 0 Å². The van der Waals surface area contributed by atoms with Crippen LogP contribution in [0.25, 0.3) is 16.6 Å². The number of aromatic nitrogens is 2. The van der Waals surface area contributed by atoms with Crippen LogP contribution in [0.4, 0.5) is 4.39 Å². The molecular weight excluding hydrogens is 439 g/mol. The van der Waals surface area contributed by atoms with Crippen molar-refractivity contribution in [2.45, 2.75) is 43.0 Å². The zero-order chi connectivity index (χ0) is 23.2. The Morgan fingerprint density at radius 2 is 1.97 bits per heavy atom. The van der Waals surface area contributed by atoms with Crippen molar-refractivity contribution < 1.29 is 9.18 Å². The third-order valence-electron chi connectivity index (χ3n) is 5.83. The molecule has 1 aliphatic heterocycles. The van der Waals surface area contributed by atoms with Crippen LogP contribution in [0.3, 0.4) is 0 Å². The predicted molar refractivity (Wildman–Crippen MR) is 131 cm³/mol. The van der Waals surface area contributed by atoms with Crippen molar-refractivity contribution in [1.82, 2.24) is 19.8 Å². The van der Waals surface area contributed by atoms with Crippen molar-refractivity contribution >= 4 is 28.6 Å². The van der Waals surface area contributed by atoms with Crippen molar-refractivity contribution in [3.05, 3.63) is 64.7 Å². The fraction of sp³-hybridized carbons (Fsp3) is 0.400. The first kappa shape index (κ1) is 23.4. The van der Waals surface area contributed by atoms with Crippen LogP contribution in [0, 0.1) is 5.82 Å². The Balaban J connectivity index is 1.63. The number of para-hydroxylation sites is 1. The lowest BCUT2D eigenvalue weighted by Gasteiger charge is -2.20. The highest BCUT2D eigenvalue weighted by Gasteiger charge is 2.23. The molecule has 2 aromatic carbocycles. The number of amides is 1. The molecule has 8 heteroatoms. The molecular formula is C25H29FN4O2S. The lowest BCUT2D eigenvalue weighted by Crippen LogP contribution is -2.38. The first-order valence-corrected chi connectivity index (χ1v) is 12.4. The first-order chi connectivity index (χ1) is 16.1. The molecule has 1 atom stereocenters. The second-order valence-electron chi connectivity index (χ2n) is 8.27. The van der Waals surface area contributed by atoms with E-state index in [1.54, 1.807) is 30.3 Å². The summed E-state index contributed by atoms with van der Waals surface area (Å²) in [6, 6.07) is 13.0. The highest BCUT2D eigenvalue weighted by molar-refractivity contribution is 8.00. The van der Waals surface area contributed by atoms with Gasteiger partial charge in [0.05, 0.1) is 21.8 Å². The number of carbonyl (C=O) groups excluding carboxylic acids is 1. The van der Waals surface area contributed by atoms with Gasteiger partial charge in [0.1, 0.15) is 5.82 Å². The number of halogens is 1. The van der Waals surface area contributed by atoms with E-state index < -0.39 is 11.1 Å². The number of nitrogens with one attached hydrogen (secondary N) is 1. The summed E-state index contributed by atoms with van der Waals surface area (Å²) in [7, 11) is 0. The quantitative estimate of drug-likeness (QED) is 0.380. The lowest BCUT2D eigenvalue weighted by molar-refractivity contribution is -0.120. The molecule has 1 aromatic heterocycles. The monoisotopic (exact) mass is 468 g/mol. The van der Waals surface area contributed by atoms with Crippen molar-refractivity contribution in [3.63, 3.8) is 0 Å². The summed E-state index contributed by atoms with van der Waals surface area (Å²) in [4.78, 5) is 33.5. The molecule has 33 heavy (non-hydrogen) atoms. The van der Waals surface area contributed by atoms with Gasteiger partial charge in [0.2, 0.25) is 5.91 Å². The Hall–Kier alpha value is -2.71. The zero-order valence-corrected chi connectivity index (χ0v) is 19.6. The Morgan fingerprint density at radius 3 is 2.73 bits per heavy atom. The van der Waals surface area contributed by atoms with Gasteiger partial charge < -0.3 is 10.2 Å². The minimum absolute atomic E-state index is 0.0609. The molecule has 0 spiro atoms. The molecule has 0 saturated carbocycles. The summed E-state index contributed by atoms with van der Waals surface area (Å²) < 4.78 is 15.4. The number of hydrogen-bond acceptors (Lipinski definition) is 5. The number of fused-ring (bicyclic) bond motifs is 1. The second kappa shape index (κ2) is 10.9. The molecule has 1 amide bonds. The van der Waals surface area contributed by atoms with E-state index in [1.807, 2.05) is 13.0 Å². The van der Waals surface area contributed by atoms with Gasteiger partial charge in [0.15, 0.2) is 5.16 Å². The third kappa shape index (κ3) is 5.62. The van der Waals surface area contributed by atoms with E-state index in [-0.39, 0.29) is 11.5 Å². The highest BCUT2D eigenvalue weighted by atomic mass is 32.2. The number of benzene rings is 2. The molecule has 2 heterocycles. The Bertz CT molecular complexity index is 1180. The zero-order valence-electron chi connectivity index (χ0n) is 18.8. The Morgan fingerprint density at radius 1 is 1.18 bits per heavy atom. The summed E-state index contributed by atoms with van der Waals surface area (Å²) in [5.41, 5.74) is 0.672. The van der Waals surface area contributed by atoms with Crippen LogP contribution < -0.4 is 10.9 Å². The van der Waals surface area contributed by atoms with Crippen molar-refractivity contribution in [1.29, 1.82) is 0 Å². The van der Waals surface area contributed by atoms with Crippen molar-refractivity contribution in [2.24, 2.45) is 0 Å². The van der Waals surface area contributed by atoms with E-state index in [0.29, 0.717) is 34.7 Å². The van der Waals surface area contributed by atoms with Gasteiger partial charge in [-0.1, -0.05) is 43.3 Å². The van der Waals surface area contributed by atoms with Gasteiger partial charge in [0.25, 0.3) is 5.56 Å². The average Bonchev–Trinajstić information content (AvgIpc) is 3.32. The topological polar surface area (TPSA) is 67.2 Å².